The maximum atomic E-state index is 11.7. The van der Waals surface area contributed by atoms with Gasteiger partial charge in [0, 0.05) is 13.2 Å². The maximum absolute atomic E-state index is 11.7. The molecule has 0 spiro atoms. The van der Waals surface area contributed by atoms with E-state index < -0.39 is 0 Å². The molecule has 1 amide bonds. The van der Waals surface area contributed by atoms with Crippen LogP contribution in [0.15, 0.2) is 24.3 Å². The van der Waals surface area contributed by atoms with E-state index >= 15 is 0 Å². The average molecular weight is 237 g/mol. The second-order valence-electron chi connectivity index (χ2n) is 3.95. The van der Waals surface area contributed by atoms with Gasteiger partial charge in [-0.3, -0.25) is 4.79 Å². The molecule has 0 aliphatic carbocycles. The zero-order valence-corrected chi connectivity index (χ0v) is 10.5. The van der Waals surface area contributed by atoms with E-state index in [1.54, 1.807) is 14.2 Å². The van der Waals surface area contributed by atoms with Crippen LogP contribution in [0.3, 0.4) is 0 Å². The van der Waals surface area contributed by atoms with Crippen molar-refractivity contribution in [2.45, 2.75) is 19.4 Å². The lowest BCUT2D eigenvalue weighted by Gasteiger charge is -2.12. The van der Waals surface area contributed by atoms with Crippen LogP contribution in [-0.2, 0) is 16.0 Å². The topological polar surface area (TPSA) is 47.6 Å². The third-order valence-electron chi connectivity index (χ3n) is 2.32. The second-order valence-corrected chi connectivity index (χ2v) is 3.95. The maximum Gasteiger partial charge on any atom is 0.224 e. The largest absolute Gasteiger partial charge is 0.497 e. The standard InChI is InChI=1S/C13H19NO3/c1-10(9-16-2)14-13(15)8-11-5-4-6-12(7-11)17-3/h4-7,10H,8-9H2,1-3H3,(H,14,15)/t10-/m1/s1. The first-order chi connectivity index (χ1) is 8.15. The van der Waals surface area contributed by atoms with Crippen LogP contribution in [0.4, 0.5) is 0 Å². The number of ether oxygens (including phenoxy) is 2. The number of carbonyl (C=O) groups excluding carboxylic acids is 1. The molecule has 0 heterocycles. The molecule has 0 saturated carbocycles. The first kappa shape index (κ1) is 13.5. The van der Waals surface area contributed by atoms with E-state index in [9.17, 15) is 4.79 Å². The van der Waals surface area contributed by atoms with E-state index in [1.807, 2.05) is 31.2 Å². The van der Waals surface area contributed by atoms with Crippen molar-refractivity contribution in [2.24, 2.45) is 0 Å². The highest BCUT2D eigenvalue weighted by Crippen LogP contribution is 2.12. The molecule has 0 unspecified atom stereocenters. The lowest BCUT2D eigenvalue weighted by atomic mass is 10.1. The summed E-state index contributed by atoms with van der Waals surface area (Å²) in [4.78, 5) is 11.7. The van der Waals surface area contributed by atoms with E-state index in [2.05, 4.69) is 5.32 Å². The lowest BCUT2D eigenvalue weighted by molar-refractivity contribution is -0.121. The number of carbonyl (C=O) groups is 1. The Morgan fingerprint density at radius 2 is 2.18 bits per heavy atom. The molecule has 1 N–H and O–H groups in total. The van der Waals surface area contributed by atoms with Crippen LogP contribution >= 0.6 is 0 Å². The number of rotatable bonds is 6. The summed E-state index contributed by atoms with van der Waals surface area (Å²) in [5.41, 5.74) is 0.937. The summed E-state index contributed by atoms with van der Waals surface area (Å²) in [7, 11) is 3.23. The molecule has 0 radical (unpaired) electrons. The van der Waals surface area contributed by atoms with Gasteiger partial charge in [-0.1, -0.05) is 12.1 Å². The third kappa shape index (κ3) is 4.87. The molecule has 0 aromatic heterocycles. The van der Waals surface area contributed by atoms with Gasteiger partial charge in [-0.05, 0) is 24.6 Å². The molecule has 0 saturated heterocycles. The Labute approximate surface area is 102 Å². The predicted molar refractivity (Wildman–Crippen MR) is 66.2 cm³/mol. The zero-order chi connectivity index (χ0) is 12.7. The Morgan fingerprint density at radius 3 is 2.82 bits per heavy atom. The highest BCUT2D eigenvalue weighted by molar-refractivity contribution is 5.78. The molecular weight excluding hydrogens is 218 g/mol. The van der Waals surface area contributed by atoms with Gasteiger partial charge < -0.3 is 14.8 Å². The highest BCUT2D eigenvalue weighted by Gasteiger charge is 2.08. The van der Waals surface area contributed by atoms with Gasteiger partial charge in [-0.25, -0.2) is 0 Å². The van der Waals surface area contributed by atoms with Crippen molar-refractivity contribution < 1.29 is 14.3 Å². The molecule has 0 aliphatic heterocycles. The Hall–Kier alpha value is -1.55. The second kappa shape index (κ2) is 6.91. The number of methoxy groups -OCH3 is 2. The van der Waals surface area contributed by atoms with Gasteiger partial charge in [-0.2, -0.15) is 0 Å². The molecule has 94 valence electrons. The van der Waals surface area contributed by atoms with E-state index in [0.29, 0.717) is 13.0 Å². The molecule has 1 atom stereocenters. The minimum Gasteiger partial charge on any atom is -0.497 e. The van der Waals surface area contributed by atoms with E-state index in [-0.39, 0.29) is 11.9 Å². The van der Waals surface area contributed by atoms with Crippen molar-refractivity contribution in [3.63, 3.8) is 0 Å². The van der Waals surface area contributed by atoms with Gasteiger partial charge in [0.1, 0.15) is 5.75 Å². The SMILES string of the molecule is COC[C@@H](C)NC(=O)Cc1cccc(OC)c1. The minimum atomic E-state index is -0.0113. The molecule has 0 fully saturated rings. The van der Waals surface area contributed by atoms with Crippen LogP contribution in [-0.4, -0.2) is 32.8 Å². The summed E-state index contributed by atoms with van der Waals surface area (Å²) in [6, 6.07) is 7.52. The van der Waals surface area contributed by atoms with Crippen LogP contribution in [0.25, 0.3) is 0 Å². The highest BCUT2D eigenvalue weighted by atomic mass is 16.5. The Balaban J connectivity index is 2.49. The van der Waals surface area contributed by atoms with E-state index in [0.717, 1.165) is 11.3 Å². The van der Waals surface area contributed by atoms with Crippen molar-refractivity contribution in [2.75, 3.05) is 20.8 Å². The summed E-state index contributed by atoms with van der Waals surface area (Å²) in [6.45, 7) is 2.43. The molecule has 4 nitrogen and oxygen atoms in total. The molecule has 1 aromatic rings. The normalized spacial score (nSPS) is 11.9. The van der Waals surface area contributed by atoms with E-state index in [4.69, 9.17) is 9.47 Å². The number of nitrogens with one attached hydrogen (secondary N) is 1. The van der Waals surface area contributed by atoms with Gasteiger partial charge in [0.2, 0.25) is 5.91 Å². The number of hydrogen-bond acceptors (Lipinski definition) is 3. The summed E-state index contributed by atoms with van der Waals surface area (Å²) in [6.07, 6.45) is 0.352. The van der Waals surface area contributed by atoms with Gasteiger partial charge in [0.25, 0.3) is 0 Å². The van der Waals surface area contributed by atoms with Crippen LogP contribution < -0.4 is 10.1 Å². The van der Waals surface area contributed by atoms with Crippen LogP contribution in [0.1, 0.15) is 12.5 Å². The smallest absolute Gasteiger partial charge is 0.224 e. The fraction of sp³-hybridized carbons (Fsp3) is 0.462. The average Bonchev–Trinajstić information content (AvgIpc) is 2.29. The quantitative estimate of drug-likeness (QED) is 0.813. The lowest BCUT2D eigenvalue weighted by Crippen LogP contribution is -2.36. The summed E-state index contributed by atoms with van der Waals surface area (Å²) in [5.74, 6) is 0.753. The number of amides is 1. The van der Waals surface area contributed by atoms with Crippen LogP contribution in [0.5, 0.6) is 5.75 Å². The summed E-state index contributed by atoms with van der Waals surface area (Å²) < 4.78 is 10.1. The van der Waals surface area contributed by atoms with Crippen molar-refractivity contribution in [1.29, 1.82) is 0 Å². The Bertz CT molecular complexity index is 365. The Kier molecular flexibility index (Phi) is 5.49. The van der Waals surface area contributed by atoms with Gasteiger partial charge in [-0.15, -0.1) is 0 Å². The first-order valence-corrected chi connectivity index (χ1v) is 5.57. The molecule has 1 aromatic carbocycles. The predicted octanol–water partition coefficient (Wildman–Crippen LogP) is 1.39. The minimum absolute atomic E-state index is 0.0113. The van der Waals surface area contributed by atoms with Crippen molar-refractivity contribution >= 4 is 5.91 Å². The van der Waals surface area contributed by atoms with E-state index in [1.165, 1.54) is 0 Å². The number of benzene rings is 1. The molecule has 4 heteroatoms. The monoisotopic (exact) mass is 237 g/mol. The van der Waals surface area contributed by atoms with Crippen molar-refractivity contribution in [1.82, 2.24) is 5.32 Å². The van der Waals surface area contributed by atoms with Crippen molar-refractivity contribution in [3.05, 3.63) is 29.8 Å². The van der Waals surface area contributed by atoms with Crippen LogP contribution in [0.2, 0.25) is 0 Å². The molecule has 0 aliphatic rings. The molecule has 0 bridgehead atoms. The molecule has 17 heavy (non-hydrogen) atoms. The molecule has 1 rings (SSSR count). The summed E-state index contributed by atoms with van der Waals surface area (Å²) >= 11 is 0. The third-order valence-corrected chi connectivity index (χ3v) is 2.32. The fourth-order valence-electron chi connectivity index (χ4n) is 1.59. The first-order valence-electron chi connectivity index (χ1n) is 5.57. The van der Waals surface area contributed by atoms with Gasteiger partial charge in [0.05, 0.1) is 20.1 Å². The van der Waals surface area contributed by atoms with Gasteiger partial charge in [0.15, 0.2) is 0 Å². The fourth-order valence-corrected chi connectivity index (χ4v) is 1.59. The van der Waals surface area contributed by atoms with Crippen molar-refractivity contribution in [3.8, 4) is 5.75 Å². The number of hydrogen-bond donors (Lipinski definition) is 1. The zero-order valence-electron chi connectivity index (χ0n) is 10.5. The van der Waals surface area contributed by atoms with Crippen LogP contribution in [0, 0.1) is 0 Å². The molecular formula is C13H19NO3. The van der Waals surface area contributed by atoms with Gasteiger partial charge >= 0.3 is 0 Å². The Morgan fingerprint density at radius 1 is 1.41 bits per heavy atom. The summed E-state index contributed by atoms with van der Waals surface area (Å²) in [5, 5.41) is 2.86.